The average molecular weight is 332 g/mol. The molecule has 2 aromatic heterocycles. The first kappa shape index (κ1) is 13.1. The Morgan fingerprint density at radius 1 is 1.47 bits per heavy atom. The summed E-state index contributed by atoms with van der Waals surface area (Å²) in [7, 11) is 0. The van der Waals surface area contributed by atoms with Crippen LogP contribution < -0.4 is 5.32 Å². The highest BCUT2D eigenvalue weighted by Crippen LogP contribution is 2.30. The first-order chi connectivity index (χ1) is 8.02. The largest absolute Gasteiger partial charge is 0.346 e. The molecule has 2 nitrogen and oxygen atoms in total. The maximum Gasteiger partial charge on any atom is 0.261 e. The van der Waals surface area contributed by atoms with Crippen LogP contribution in [0.2, 0.25) is 0 Å². The predicted octanol–water partition coefficient (Wildman–Crippen LogP) is 4.26. The van der Waals surface area contributed by atoms with Gasteiger partial charge in [0, 0.05) is 20.3 Å². The molecule has 0 aliphatic carbocycles. The number of halogens is 1. The van der Waals surface area contributed by atoms with E-state index in [2.05, 4.69) is 32.7 Å². The molecular formula is C12H14BrNOS2. The van der Waals surface area contributed by atoms with Crippen molar-refractivity contribution in [1.82, 2.24) is 5.32 Å². The second kappa shape index (κ2) is 5.08. The number of hydrogen-bond donors (Lipinski definition) is 1. The molecule has 2 rings (SSSR count). The van der Waals surface area contributed by atoms with Crippen LogP contribution in [0.3, 0.4) is 0 Å². The van der Waals surface area contributed by atoms with Gasteiger partial charge in [-0.3, -0.25) is 4.79 Å². The smallest absolute Gasteiger partial charge is 0.261 e. The number of nitrogens with one attached hydrogen (secondary N) is 1. The number of carbonyl (C=O) groups excluding carboxylic acids is 1. The van der Waals surface area contributed by atoms with Crippen LogP contribution in [0, 0.1) is 0 Å². The van der Waals surface area contributed by atoms with Crippen molar-refractivity contribution < 1.29 is 4.79 Å². The fourth-order valence-electron chi connectivity index (χ4n) is 1.55. The summed E-state index contributed by atoms with van der Waals surface area (Å²) >= 11 is 6.64. The van der Waals surface area contributed by atoms with E-state index in [1.807, 2.05) is 19.9 Å². The van der Waals surface area contributed by atoms with Crippen molar-refractivity contribution in [2.45, 2.75) is 25.8 Å². The molecule has 0 aliphatic heterocycles. The summed E-state index contributed by atoms with van der Waals surface area (Å²) in [6, 6.07) is 4.04. The van der Waals surface area contributed by atoms with E-state index in [0.29, 0.717) is 0 Å². The third-order valence-electron chi connectivity index (χ3n) is 2.53. The number of hydrogen-bond acceptors (Lipinski definition) is 3. The van der Waals surface area contributed by atoms with E-state index in [-0.39, 0.29) is 11.4 Å². The predicted molar refractivity (Wildman–Crippen MR) is 79.7 cm³/mol. The van der Waals surface area contributed by atoms with Gasteiger partial charge in [-0.2, -0.15) is 0 Å². The second-order valence-electron chi connectivity index (χ2n) is 4.54. The highest BCUT2D eigenvalue weighted by Gasteiger charge is 2.21. The second-order valence-corrected chi connectivity index (χ2v) is 7.36. The summed E-state index contributed by atoms with van der Waals surface area (Å²) in [5.74, 6) is 0.0318. The first-order valence-electron chi connectivity index (χ1n) is 5.37. The third kappa shape index (κ3) is 3.09. The molecule has 5 heteroatoms. The Balaban J connectivity index is 2.12. The maximum atomic E-state index is 12.1. The summed E-state index contributed by atoms with van der Waals surface area (Å²) in [6.45, 7) is 4.09. The number of rotatable bonds is 4. The summed E-state index contributed by atoms with van der Waals surface area (Å²) in [4.78, 5) is 12.9. The molecule has 0 aromatic carbocycles. The molecule has 0 radical (unpaired) electrons. The van der Waals surface area contributed by atoms with Crippen LogP contribution in [-0.4, -0.2) is 16.8 Å². The van der Waals surface area contributed by atoms with Crippen molar-refractivity contribution in [3.63, 3.8) is 0 Å². The number of thiophene rings is 2. The summed E-state index contributed by atoms with van der Waals surface area (Å²) in [5.41, 5.74) is -0.169. The van der Waals surface area contributed by atoms with Gasteiger partial charge in [0.05, 0.1) is 4.88 Å². The zero-order valence-corrected chi connectivity index (χ0v) is 13.0. The Bertz CT molecular complexity index is 501. The van der Waals surface area contributed by atoms with Gasteiger partial charge in [0.15, 0.2) is 0 Å². The molecule has 1 N–H and O–H groups in total. The van der Waals surface area contributed by atoms with Crippen molar-refractivity contribution in [3.05, 3.63) is 22.4 Å². The highest BCUT2D eigenvalue weighted by molar-refractivity contribution is 9.09. The number of fused-ring (bicyclic) bond motifs is 1. The van der Waals surface area contributed by atoms with E-state index < -0.39 is 0 Å². The van der Waals surface area contributed by atoms with Crippen molar-refractivity contribution in [1.29, 1.82) is 0 Å². The molecular weight excluding hydrogens is 318 g/mol. The van der Waals surface area contributed by atoms with Crippen molar-refractivity contribution in [2.24, 2.45) is 0 Å². The molecule has 0 atom stereocenters. The highest BCUT2D eigenvalue weighted by atomic mass is 79.9. The first-order valence-corrected chi connectivity index (χ1v) is 8.19. The summed E-state index contributed by atoms with van der Waals surface area (Å²) in [6.07, 6.45) is 0.915. The van der Waals surface area contributed by atoms with Gasteiger partial charge in [0.2, 0.25) is 0 Å². The van der Waals surface area contributed by atoms with Gasteiger partial charge in [-0.1, -0.05) is 15.9 Å². The number of amides is 1. The zero-order valence-electron chi connectivity index (χ0n) is 9.75. The quantitative estimate of drug-likeness (QED) is 0.833. The van der Waals surface area contributed by atoms with Gasteiger partial charge in [-0.25, -0.2) is 0 Å². The minimum Gasteiger partial charge on any atom is -0.346 e. The normalized spacial score (nSPS) is 11.9. The lowest BCUT2D eigenvalue weighted by molar-refractivity contribution is 0.0916. The molecule has 2 aromatic rings. The Morgan fingerprint density at radius 2 is 2.24 bits per heavy atom. The Morgan fingerprint density at radius 3 is 2.88 bits per heavy atom. The average Bonchev–Trinajstić information content (AvgIpc) is 2.74. The van der Waals surface area contributed by atoms with Crippen LogP contribution in [0.1, 0.15) is 29.9 Å². The van der Waals surface area contributed by atoms with Crippen LogP contribution >= 0.6 is 38.6 Å². The number of alkyl halides is 1. The van der Waals surface area contributed by atoms with Crippen LogP contribution in [0.4, 0.5) is 0 Å². The van der Waals surface area contributed by atoms with Crippen molar-refractivity contribution in [2.75, 3.05) is 5.33 Å². The van der Waals surface area contributed by atoms with Gasteiger partial charge in [0.1, 0.15) is 0 Å². The van der Waals surface area contributed by atoms with Crippen LogP contribution in [0.25, 0.3) is 9.40 Å². The minimum absolute atomic E-state index is 0.0318. The molecule has 0 fully saturated rings. The van der Waals surface area contributed by atoms with Crippen LogP contribution in [-0.2, 0) is 0 Å². The third-order valence-corrected chi connectivity index (χ3v) is 5.02. The number of carbonyl (C=O) groups is 1. The van der Waals surface area contributed by atoms with E-state index in [0.717, 1.165) is 16.6 Å². The fraction of sp³-hybridized carbons (Fsp3) is 0.417. The van der Waals surface area contributed by atoms with Crippen molar-refractivity contribution >= 4 is 53.9 Å². The SMILES string of the molecule is CC(C)(CCBr)NC(=O)c1cc2sccc2s1. The molecule has 0 unspecified atom stereocenters. The van der Waals surface area contributed by atoms with Gasteiger partial charge in [-0.05, 0) is 37.8 Å². The lowest BCUT2D eigenvalue weighted by Gasteiger charge is -2.24. The van der Waals surface area contributed by atoms with Gasteiger partial charge < -0.3 is 5.32 Å². The van der Waals surface area contributed by atoms with Gasteiger partial charge in [0.25, 0.3) is 5.91 Å². The van der Waals surface area contributed by atoms with E-state index in [1.54, 1.807) is 22.7 Å². The van der Waals surface area contributed by atoms with Crippen LogP contribution in [0.5, 0.6) is 0 Å². The summed E-state index contributed by atoms with van der Waals surface area (Å²) < 4.78 is 2.39. The molecule has 17 heavy (non-hydrogen) atoms. The Kier molecular flexibility index (Phi) is 3.90. The lowest BCUT2D eigenvalue weighted by atomic mass is 10.0. The molecule has 0 spiro atoms. The van der Waals surface area contributed by atoms with Gasteiger partial charge >= 0.3 is 0 Å². The molecule has 0 bridgehead atoms. The monoisotopic (exact) mass is 331 g/mol. The standard InChI is InChI=1S/C12H14BrNOS2/c1-12(2,4-5-13)14-11(15)10-7-9-8(17-10)3-6-16-9/h3,6-7H,4-5H2,1-2H3,(H,14,15). The fourth-order valence-corrected chi connectivity index (χ4v) is 4.54. The Labute approximate surface area is 117 Å². The molecule has 0 saturated carbocycles. The molecule has 0 saturated heterocycles. The Hall–Kier alpha value is -0.390. The minimum atomic E-state index is -0.169. The molecule has 0 aliphatic rings. The van der Waals surface area contributed by atoms with E-state index >= 15 is 0 Å². The zero-order chi connectivity index (χ0) is 12.5. The van der Waals surface area contributed by atoms with Crippen molar-refractivity contribution in [3.8, 4) is 0 Å². The molecule has 1 amide bonds. The van der Waals surface area contributed by atoms with E-state index in [1.165, 1.54) is 9.40 Å². The van der Waals surface area contributed by atoms with Gasteiger partial charge in [-0.15, -0.1) is 22.7 Å². The topological polar surface area (TPSA) is 29.1 Å². The van der Waals surface area contributed by atoms with E-state index in [4.69, 9.17) is 0 Å². The van der Waals surface area contributed by atoms with Crippen LogP contribution in [0.15, 0.2) is 17.5 Å². The van der Waals surface area contributed by atoms with E-state index in [9.17, 15) is 4.79 Å². The molecule has 2 heterocycles. The molecule has 92 valence electrons. The lowest BCUT2D eigenvalue weighted by Crippen LogP contribution is -2.43. The summed E-state index contributed by atoms with van der Waals surface area (Å²) in [5, 5.41) is 6.01. The maximum absolute atomic E-state index is 12.1.